The highest BCUT2D eigenvalue weighted by atomic mass is 16.5. The van der Waals surface area contributed by atoms with Crippen LogP contribution in [0.2, 0.25) is 0 Å². The summed E-state index contributed by atoms with van der Waals surface area (Å²) in [5.74, 6) is 0.843. The fourth-order valence-electron chi connectivity index (χ4n) is 2.01. The minimum absolute atomic E-state index is 0.0395. The molecule has 1 aromatic heterocycles. The number of rotatable bonds is 7. The summed E-state index contributed by atoms with van der Waals surface area (Å²) in [6.45, 7) is 1.97. The van der Waals surface area contributed by atoms with Crippen molar-refractivity contribution in [3.8, 4) is 5.75 Å². The Bertz CT molecular complexity index is 720. The third-order valence-corrected chi connectivity index (χ3v) is 3.54. The van der Waals surface area contributed by atoms with Crippen LogP contribution in [0.15, 0.2) is 34.9 Å². The number of nitrogens with one attached hydrogen (secondary N) is 2. The molecule has 24 heavy (non-hydrogen) atoms. The third-order valence-electron chi connectivity index (χ3n) is 3.54. The van der Waals surface area contributed by atoms with Crippen molar-refractivity contribution >= 4 is 17.5 Å². The summed E-state index contributed by atoms with van der Waals surface area (Å²) in [6, 6.07) is 8.88. The number of carbonyl (C=O) groups excluding carboxylic acids is 2. The molecule has 2 aromatic rings. The molecule has 7 nitrogen and oxygen atoms in total. The zero-order valence-corrected chi connectivity index (χ0v) is 13.4. The van der Waals surface area contributed by atoms with Crippen molar-refractivity contribution in [2.24, 2.45) is 0 Å². The summed E-state index contributed by atoms with van der Waals surface area (Å²) in [4.78, 5) is 23.1. The number of anilines is 1. The molecule has 7 heteroatoms. The van der Waals surface area contributed by atoms with E-state index in [1.54, 1.807) is 37.3 Å². The van der Waals surface area contributed by atoms with Crippen molar-refractivity contribution in [2.45, 2.75) is 38.8 Å². The van der Waals surface area contributed by atoms with Crippen molar-refractivity contribution in [3.63, 3.8) is 0 Å². The number of ether oxygens (including phenoxy) is 1. The van der Waals surface area contributed by atoms with Gasteiger partial charge in [0.05, 0.1) is 0 Å². The minimum Gasteiger partial charge on any atom is -0.486 e. The van der Waals surface area contributed by atoms with Crippen LogP contribution in [-0.4, -0.2) is 23.0 Å². The van der Waals surface area contributed by atoms with Crippen LogP contribution in [0.1, 0.15) is 42.4 Å². The number of carbonyl (C=O) groups is 2. The molecule has 0 radical (unpaired) electrons. The van der Waals surface area contributed by atoms with E-state index in [1.165, 1.54) is 0 Å². The van der Waals surface area contributed by atoms with Crippen molar-refractivity contribution < 1.29 is 18.8 Å². The van der Waals surface area contributed by atoms with Gasteiger partial charge in [0.2, 0.25) is 5.91 Å². The monoisotopic (exact) mass is 329 g/mol. The Morgan fingerprint density at radius 1 is 1.29 bits per heavy atom. The topological polar surface area (TPSA) is 93.5 Å². The Labute approximate surface area is 139 Å². The summed E-state index contributed by atoms with van der Waals surface area (Å²) in [5.41, 5.74) is 0.978. The van der Waals surface area contributed by atoms with Crippen LogP contribution in [-0.2, 0) is 11.4 Å². The van der Waals surface area contributed by atoms with Crippen molar-refractivity contribution in [2.75, 3.05) is 5.32 Å². The molecule has 0 spiro atoms. The van der Waals surface area contributed by atoms with E-state index in [0.29, 0.717) is 23.6 Å². The fraction of sp³-hybridized carbons (Fsp3) is 0.353. The maximum atomic E-state index is 11.8. The van der Waals surface area contributed by atoms with Crippen LogP contribution in [0.25, 0.3) is 0 Å². The van der Waals surface area contributed by atoms with Gasteiger partial charge in [-0.1, -0.05) is 12.1 Å². The highest BCUT2D eigenvalue weighted by Gasteiger charge is 2.25. The predicted molar refractivity (Wildman–Crippen MR) is 86.7 cm³/mol. The molecule has 0 bridgehead atoms. The molecule has 0 aliphatic heterocycles. The third kappa shape index (κ3) is 4.34. The van der Waals surface area contributed by atoms with E-state index in [1.807, 2.05) is 0 Å². The first-order valence-electron chi connectivity index (χ1n) is 7.93. The number of amides is 2. The van der Waals surface area contributed by atoms with Gasteiger partial charge >= 0.3 is 0 Å². The fourth-order valence-corrected chi connectivity index (χ4v) is 2.01. The maximum Gasteiger partial charge on any atom is 0.273 e. The van der Waals surface area contributed by atoms with Gasteiger partial charge in [0.15, 0.2) is 11.5 Å². The van der Waals surface area contributed by atoms with Crippen LogP contribution in [0.4, 0.5) is 5.69 Å². The van der Waals surface area contributed by atoms with E-state index >= 15 is 0 Å². The number of benzene rings is 1. The molecule has 2 N–H and O–H groups in total. The first-order valence-corrected chi connectivity index (χ1v) is 7.93. The lowest BCUT2D eigenvalue weighted by atomic mass is 10.3. The Morgan fingerprint density at radius 3 is 2.71 bits per heavy atom. The van der Waals surface area contributed by atoms with E-state index in [4.69, 9.17) is 9.26 Å². The summed E-state index contributed by atoms with van der Waals surface area (Å²) >= 11 is 0. The molecular formula is C17H19N3O4. The number of hydrogen-bond acceptors (Lipinski definition) is 5. The van der Waals surface area contributed by atoms with E-state index in [2.05, 4.69) is 15.8 Å². The highest BCUT2D eigenvalue weighted by molar-refractivity contribution is 5.92. The summed E-state index contributed by atoms with van der Waals surface area (Å²) in [6.07, 6.45) is 2.48. The van der Waals surface area contributed by atoms with E-state index in [0.717, 1.165) is 12.8 Å². The Hall–Kier alpha value is -2.83. The Balaban J connectivity index is 1.51. The zero-order chi connectivity index (χ0) is 16.9. The highest BCUT2D eigenvalue weighted by Crippen LogP contribution is 2.20. The molecule has 0 atom stereocenters. The van der Waals surface area contributed by atoms with Gasteiger partial charge in [-0.05, 0) is 37.1 Å². The van der Waals surface area contributed by atoms with Crippen molar-refractivity contribution in [3.05, 3.63) is 41.8 Å². The summed E-state index contributed by atoms with van der Waals surface area (Å²) < 4.78 is 10.7. The molecule has 1 aliphatic rings. The molecule has 0 unspecified atom stereocenters. The molecule has 0 saturated heterocycles. The van der Waals surface area contributed by atoms with Crippen LogP contribution in [0.3, 0.4) is 0 Å². The Kier molecular flexibility index (Phi) is 4.79. The lowest BCUT2D eigenvalue weighted by molar-refractivity contribution is -0.115. The zero-order valence-electron chi connectivity index (χ0n) is 13.4. The predicted octanol–water partition coefficient (Wildman–Crippen LogP) is 2.49. The van der Waals surface area contributed by atoms with Crippen LogP contribution in [0, 0.1) is 0 Å². The van der Waals surface area contributed by atoms with Gasteiger partial charge in [0, 0.05) is 24.2 Å². The smallest absolute Gasteiger partial charge is 0.273 e. The second-order valence-electron chi connectivity index (χ2n) is 5.64. The van der Waals surface area contributed by atoms with Crippen LogP contribution in [0.5, 0.6) is 5.75 Å². The molecule has 1 aromatic carbocycles. The maximum absolute atomic E-state index is 11.8. The number of hydrogen-bond donors (Lipinski definition) is 2. The van der Waals surface area contributed by atoms with Crippen LogP contribution >= 0.6 is 0 Å². The molecule has 1 heterocycles. The van der Waals surface area contributed by atoms with Gasteiger partial charge in [-0.2, -0.15) is 0 Å². The van der Waals surface area contributed by atoms with Gasteiger partial charge in [0.1, 0.15) is 12.4 Å². The second kappa shape index (κ2) is 7.16. The number of aromatic nitrogens is 1. The first-order chi connectivity index (χ1) is 11.6. The lowest BCUT2D eigenvalue weighted by Crippen LogP contribution is -2.25. The molecule has 2 amide bonds. The molecule has 1 fully saturated rings. The van der Waals surface area contributed by atoms with E-state index in [-0.39, 0.29) is 30.2 Å². The minimum atomic E-state index is -0.219. The van der Waals surface area contributed by atoms with Gasteiger partial charge in [-0.25, -0.2) is 0 Å². The van der Waals surface area contributed by atoms with Gasteiger partial charge < -0.3 is 19.9 Å². The average molecular weight is 329 g/mol. The molecule has 126 valence electrons. The molecule has 3 rings (SSSR count). The quantitative estimate of drug-likeness (QED) is 0.814. The standard InChI is InChI=1S/C17H19N3O4/c1-2-16(21)18-11-5-7-13(8-6-11)23-10-14-9-15(20-24-14)17(22)19-12-3-4-12/h5-9,12H,2-4,10H2,1H3,(H,18,21)(H,19,22). The SMILES string of the molecule is CCC(=O)Nc1ccc(OCc2cc(C(=O)NC3CC3)no2)cc1. The Morgan fingerprint density at radius 2 is 2.04 bits per heavy atom. The lowest BCUT2D eigenvalue weighted by Gasteiger charge is -2.06. The molecule has 1 saturated carbocycles. The molecular weight excluding hydrogens is 310 g/mol. The average Bonchev–Trinajstić information content (AvgIpc) is 3.27. The van der Waals surface area contributed by atoms with Crippen molar-refractivity contribution in [1.82, 2.24) is 10.5 Å². The normalized spacial score (nSPS) is 13.4. The van der Waals surface area contributed by atoms with Crippen molar-refractivity contribution in [1.29, 1.82) is 0 Å². The molecule has 1 aliphatic carbocycles. The van der Waals surface area contributed by atoms with Gasteiger partial charge in [-0.3, -0.25) is 9.59 Å². The van der Waals surface area contributed by atoms with Gasteiger partial charge in [0.25, 0.3) is 5.91 Å². The van der Waals surface area contributed by atoms with E-state index in [9.17, 15) is 9.59 Å². The van der Waals surface area contributed by atoms with Crippen LogP contribution < -0.4 is 15.4 Å². The summed E-state index contributed by atoms with van der Waals surface area (Å²) in [7, 11) is 0. The van der Waals surface area contributed by atoms with E-state index < -0.39 is 0 Å². The second-order valence-corrected chi connectivity index (χ2v) is 5.64. The number of nitrogens with zero attached hydrogens (tertiary/aromatic N) is 1. The first kappa shape index (κ1) is 16.0. The van der Waals surface area contributed by atoms with Gasteiger partial charge in [-0.15, -0.1) is 0 Å². The largest absolute Gasteiger partial charge is 0.486 e. The summed E-state index contributed by atoms with van der Waals surface area (Å²) in [5, 5.41) is 9.36.